The van der Waals surface area contributed by atoms with Gasteiger partial charge in [-0.25, -0.2) is 8.42 Å². The van der Waals surface area contributed by atoms with Crippen molar-refractivity contribution in [3.05, 3.63) is 28.8 Å². The monoisotopic (exact) mass is 286 g/mol. The predicted molar refractivity (Wildman–Crippen MR) is 69.1 cm³/mol. The molecule has 0 aromatic heterocycles. The normalized spacial score (nSPS) is 10.7. The molecule has 0 bridgehead atoms. The fourth-order valence-electron chi connectivity index (χ4n) is 1.28. The number of benzene rings is 1. The molecule has 0 fully saturated rings. The maximum Gasteiger partial charge on any atom is 0.239 e. The fourth-order valence-corrected chi connectivity index (χ4v) is 2.22. The standard InChI is InChI=1S/C11H11ClN2O3S/c1-8-9(12)3-2-4-10(8)14-11(15)7-18(16,17)6-5-13/h2-4H,6-7H2,1H3,(H,14,15). The van der Waals surface area contributed by atoms with E-state index in [1.807, 2.05) is 0 Å². The van der Waals surface area contributed by atoms with Crippen molar-refractivity contribution < 1.29 is 13.2 Å². The van der Waals surface area contributed by atoms with Crippen LogP contribution in [0.5, 0.6) is 0 Å². The molecule has 0 radical (unpaired) electrons. The highest BCUT2D eigenvalue weighted by Gasteiger charge is 2.17. The Morgan fingerprint density at radius 1 is 1.50 bits per heavy atom. The van der Waals surface area contributed by atoms with Gasteiger partial charge in [0, 0.05) is 10.7 Å². The number of nitriles is 1. The first-order chi connectivity index (χ1) is 8.35. The van der Waals surface area contributed by atoms with Crippen LogP contribution in [-0.4, -0.2) is 25.8 Å². The lowest BCUT2D eigenvalue weighted by Crippen LogP contribution is -2.24. The lowest BCUT2D eigenvalue weighted by Gasteiger charge is -2.09. The van der Waals surface area contributed by atoms with E-state index in [0.29, 0.717) is 16.3 Å². The number of hydrogen-bond acceptors (Lipinski definition) is 4. The van der Waals surface area contributed by atoms with Crippen molar-refractivity contribution in [3.63, 3.8) is 0 Å². The zero-order chi connectivity index (χ0) is 13.8. The molecule has 0 spiro atoms. The number of nitrogens with zero attached hydrogens (tertiary/aromatic N) is 1. The van der Waals surface area contributed by atoms with E-state index in [4.69, 9.17) is 16.9 Å². The number of anilines is 1. The van der Waals surface area contributed by atoms with E-state index < -0.39 is 27.3 Å². The summed E-state index contributed by atoms with van der Waals surface area (Å²) in [6, 6.07) is 6.44. The quantitative estimate of drug-likeness (QED) is 0.909. The van der Waals surface area contributed by atoms with Crippen LogP contribution in [0.4, 0.5) is 5.69 Å². The Balaban J connectivity index is 2.78. The Kier molecular flexibility index (Phi) is 4.70. The van der Waals surface area contributed by atoms with Gasteiger partial charge in [0.15, 0.2) is 9.84 Å². The summed E-state index contributed by atoms with van der Waals surface area (Å²) < 4.78 is 22.5. The van der Waals surface area contributed by atoms with Crippen molar-refractivity contribution in [2.45, 2.75) is 6.92 Å². The van der Waals surface area contributed by atoms with Crippen molar-refractivity contribution in [2.75, 3.05) is 16.8 Å². The van der Waals surface area contributed by atoms with Crippen molar-refractivity contribution in [1.82, 2.24) is 0 Å². The highest BCUT2D eigenvalue weighted by Crippen LogP contribution is 2.22. The number of halogens is 1. The van der Waals surface area contributed by atoms with E-state index in [0.717, 1.165) is 0 Å². The van der Waals surface area contributed by atoms with Crippen LogP contribution >= 0.6 is 11.6 Å². The number of carbonyl (C=O) groups excluding carboxylic acids is 1. The predicted octanol–water partition coefficient (Wildman–Crippen LogP) is 1.53. The van der Waals surface area contributed by atoms with Crippen LogP contribution in [0.1, 0.15) is 5.56 Å². The van der Waals surface area contributed by atoms with Gasteiger partial charge in [0.1, 0.15) is 11.5 Å². The van der Waals surface area contributed by atoms with E-state index in [1.54, 1.807) is 25.1 Å². The molecule has 5 nitrogen and oxygen atoms in total. The molecule has 1 aromatic carbocycles. The molecule has 1 amide bonds. The van der Waals surface area contributed by atoms with E-state index in [9.17, 15) is 13.2 Å². The zero-order valence-corrected chi connectivity index (χ0v) is 11.2. The second-order valence-electron chi connectivity index (χ2n) is 3.65. The van der Waals surface area contributed by atoms with Gasteiger partial charge >= 0.3 is 0 Å². The minimum atomic E-state index is -3.68. The summed E-state index contributed by atoms with van der Waals surface area (Å²) in [5, 5.41) is 11.2. The Bertz CT molecular complexity index is 605. The molecule has 96 valence electrons. The van der Waals surface area contributed by atoms with E-state index in [-0.39, 0.29) is 0 Å². The van der Waals surface area contributed by atoms with E-state index >= 15 is 0 Å². The lowest BCUT2D eigenvalue weighted by molar-refractivity contribution is -0.113. The molecule has 0 aliphatic carbocycles. The average Bonchev–Trinajstić information content (AvgIpc) is 2.23. The molecule has 0 aliphatic rings. The second kappa shape index (κ2) is 5.85. The van der Waals surface area contributed by atoms with Gasteiger partial charge in [-0.05, 0) is 24.6 Å². The topological polar surface area (TPSA) is 87.0 Å². The number of hydrogen-bond donors (Lipinski definition) is 1. The summed E-state index contributed by atoms with van der Waals surface area (Å²) >= 11 is 5.87. The third-order valence-corrected chi connectivity index (χ3v) is 3.86. The average molecular weight is 287 g/mol. The summed E-state index contributed by atoms with van der Waals surface area (Å²) in [5.74, 6) is -2.07. The van der Waals surface area contributed by atoms with Gasteiger partial charge in [-0.2, -0.15) is 5.26 Å². The number of carbonyl (C=O) groups is 1. The Hall–Kier alpha value is -1.58. The molecule has 18 heavy (non-hydrogen) atoms. The molecule has 0 aliphatic heterocycles. The minimum Gasteiger partial charge on any atom is -0.325 e. The highest BCUT2D eigenvalue weighted by atomic mass is 35.5. The summed E-state index contributed by atoms with van der Waals surface area (Å²) in [6.45, 7) is 1.71. The maximum absolute atomic E-state index is 11.5. The van der Waals surface area contributed by atoms with Crippen LogP contribution in [0.25, 0.3) is 0 Å². The van der Waals surface area contributed by atoms with Crippen molar-refractivity contribution in [3.8, 4) is 6.07 Å². The van der Waals surface area contributed by atoms with Crippen molar-refractivity contribution in [2.24, 2.45) is 0 Å². The van der Waals surface area contributed by atoms with Crippen molar-refractivity contribution in [1.29, 1.82) is 5.26 Å². The first-order valence-electron chi connectivity index (χ1n) is 4.98. The zero-order valence-electron chi connectivity index (χ0n) is 9.60. The Morgan fingerprint density at radius 2 is 2.17 bits per heavy atom. The molecular formula is C11H11ClN2O3S. The van der Waals surface area contributed by atoms with E-state index in [2.05, 4.69) is 5.32 Å². The van der Waals surface area contributed by atoms with Gasteiger partial charge < -0.3 is 5.32 Å². The second-order valence-corrected chi connectivity index (χ2v) is 6.12. The molecular weight excluding hydrogens is 276 g/mol. The number of amides is 1. The molecule has 1 N–H and O–H groups in total. The molecule has 0 unspecified atom stereocenters. The van der Waals surface area contributed by atoms with E-state index in [1.165, 1.54) is 6.07 Å². The molecule has 0 atom stereocenters. The van der Waals surface area contributed by atoms with Gasteiger partial charge in [0.2, 0.25) is 5.91 Å². The largest absolute Gasteiger partial charge is 0.325 e. The van der Waals surface area contributed by atoms with Gasteiger partial charge in [-0.15, -0.1) is 0 Å². The van der Waals surface area contributed by atoms with Gasteiger partial charge in [-0.3, -0.25) is 4.79 Å². The first kappa shape index (κ1) is 14.5. The number of nitrogens with one attached hydrogen (secondary N) is 1. The SMILES string of the molecule is Cc1c(Cl)cccc1NC(=O)CS(=O)(=O)CC#N. The molecule has 0 heterocycles. The third kappa shape index (κ3) is 4.02. The fraction of sp³-hybridized carbons (Fsp3) is 0.273. The number of sulfone groups is 1. The van der Waals surface area contributed by atoms with Crippen LogP contribution in [0.15, 0.2) is 18.2 Å². The molecule has 1 aromatic rings. The summed E-state index contributed by atoms with van der Waals surface area (Å²) in [5.41, 5.74) is 1.12. The third-order valence-electron chi connectivity index (χ3n) is 2.18. The van der Waals surface area contributed by atoms with Crippen LogP contribution in [0.3, 0.4) is 0 Å². The van der Waals surface area contributed by atoms with Crippen LogP contribution in [0.2, 0.25) is 5.02 Å². The van der Waals surface area contributed by atoms with Gasteiger partial charge in [0.25, 0.3) is 0 Å². The lowest BCUT2D eigenvalue weighted by atomic mass is 10.2. The van der Waals surface area contributed by atoms with Gasteiger partial charge in [0.05, 0.1) is 6.07 Å². The Morgan fingerprint density at radius 3 is 2.78 bits per heavy atom. The van der Waals surface area contributed by atoms with Crippen LogP contribution in [0, 0.1) is 18.3 Å². The Labute approximate surface area is 110 Å². The molecule has 0 saturated carbocycles. The molecule has 0 saturated heterocycles. The van der Waals surface area contributed by atoms with Crippen LogP contribution in [-0.2, 0) is 14.6 Å². The molecule has 7 heteroatoms. The molecule has 1 rings (SSSR count). The summed E-state index contributed by atoms with van der Waals surface area (Å²) in [6.07, 6.45) is 0. The maximum atomic E-state index is 11.5. The van der Waals surface area contributed by atoms with Crippen molar-refractivity contribution >= 4 is 33.0 Å². The van der Waals surface area contributed by atoms with Gasteiger partial charge in [-0.1, -0.05) is 17.7 Å². The smallest absolute Gasteiger partial charge is 0.239 e. The summed E-state index contributed by atoms with van der Waals surface area (Å²) in [7, 11) is -3.68. The minimum absolute atomic E-state index is 0.458. The number of rotatable bonds is 4. The van der Waals surface area contributed by atoms with Crippen LogP contribution < -0.4 is 5.32 Å². The highest BCUT2D eigenvalue weighted by molar-refractivity contribution is 7.92. The first-order valence-corrected chi connectivity index (χ1v) is 7.18. The summed E-state index contributed by atoms with van der Waals surface area (Å²) in [4.78, 5) is 11.5.